The molecular weight excluding hydrogens is 355 g/mol. The molecule has 0 amide bonds. The molecule has 0 aliphatic carbocycles. The third-order valence-corrected chi connectivity index (χ3v) is 3.87. The predicted octanol–water partition coefficient (Wildman–Crippen LogP) is 4.77. The minimum atomic E-state index is -0.358. The molecule has 0 unspecified atom stereocenters. The number of halogens is 2. The van der Waals surface area contributed by atoms with Crippen LogP contribution in [0, 0.1) is 24.1 Å². The van der Waals surface area contributed by atoms with Gasteiger partial charge in [0.25, 0.3) is 0 Å². The van der Waals surface area contributed by atoms with Crippen LogP contribution in [0.4, 0.5) is 15.9 Å². The molecule has 0 bridgehead atoms. The zero-order valence-electron chi connectivity index (χ0n) is 13.8. The van der Waals surface area contributed by atoms with E-state index in [4.69, 9.17) is 16.3 Å². The van der Waals surface area contributed by atoms with Gasteiger partial charge in [0, 0.05) is 5.56 Å². The predicted molar refractivity (Wildman–Crippen MR) is 97.0 cm³/mol. The number of hydrogen-bond donors (Lipinski definition) is 1. The van der Waals surface area contributed by atoms with Crippen molar-refractivity contribution < 1.29 is 9.13 Å². The highest BCUT2D eigenvalue weighted by Crippen LogP contribution is 2.30. The summed E-state index contributed by atoms with van der Waals surface area (Å²) in [5, 5.41) is 12.9. The number of rotatable bonds is 5. The summed E-state index contributed by atoms with van der Waals surface area (Å²) < 4.78 is 19.4. The van der Waals surface area contributed by atoms with Gasteiger partial charge in [-0.25, -0.2) is 14.4 Å². The van der Waals surface area contributed by atoms with E-state index in [-0.39, 0.29) is 18.0 Å². The largest absolute Gasteiger partial charge is 0.487 e. The molecule has 0 atom stereocenters. The van der Waals surface area contributed by atoms with Crippen LogP contribution >= 0.6 is 11.6 Å². The number of nitriles is 1. The number of hydrogen-bond acceptors (Lipinski definition) is 5. The number of aryl methyl sites for hydroxylation is 1. The second kappa shape index (κ2) is 7.81. The molecule has 0 fully saturated rings. The molecule has 3 rings (SSSR count). The van der Waals surface area contributed by atoms with Crippen molar-refractivity contribution in [1.82, 2.24) is 9.97 Å². The fraction of sp³-hybridized carbons (Fsp3) is 0.105. The first-order chi connectivity index (χ1) is 12.6. The van der Waals surface area contributed by atoms with Gasteiger partial charge in [-0.05, 0) is 25.1 Å². The van der Waals surface area contributed by atoms with Gasteiger partial charge in [-0.15, -0.1) is 0 Å². The Morgan fingerprint density at radius 3 is 2.81 bits per heavy atom. The summed E-state index contributed by atoms with van der Waals surface area (Å²) in [5.41, 5.74) is 1.17. The number of benzene rings is 2. The summed E-state index contributed by atoms with van der Waals surface area (Å²) in [6, 6.07) is 13.5. The van der Waals surface area contributed by atoms with Gasteiger partial charge in [0.2, 0.25) is 0 Å². The van der Waals surface area contributed by atoms with Gasteiger partial charge in [0.15, 0.2) is 5.82 Å². The second-order valence-electron chi connectivity index (χ2n) is 5.41. The summed E-state index contributed by atoms with van der Waals surface area (Å²) in [7, 11) is 0. The van der Waals surface area contributed by atoms with E-state index in [1.165, 1.54) is 12.3 Å². The standard InChI is InChI=1S/C19H14ClFN4O/c1-12-23-10-15(20)19(24-12)25-17-7-4-8-18(14(17)9-22)26-11-13-5-2-3-6-16(13)21/h2-8,10H,11H2,1H3,(H,23,24,25). The topological polar surface area (TPSA) is 70.8 Å². The van der Waals surface area contributed by atoms with Crippen LogP contribution in [0.1, 0.15) is 17.0 Å². The first kappa shape index (κ1) is 17.6. The number of nitrogens with zero attached hydrogens (tertiary/aromatic N) is 3. The van der Waals surface area contributed by atoms with E-state index in [1.54, 1.807) is 43.3 Å². The van der Waals surface area contributed by atoms with Crippen LogP contribution < -0.4 is 10.1 Å². The van der Waals surface area contributed by atoms with Crippen molar-refractivity contribution in [2.75, 3.05) is 5.32 Å². The molecule has 0 aliphatic heterocycles. The lowest BCUT2D eigenvalue weighted by atomic mass is 10.1. The minimum Gasteiger partial charge on any atom is -0.487 e. The monoisotopic (exact) mass is 368 g/mol. The number of aromatic nitrogens is 2. The normalized spacial score (nSPS) is 10.2. The van der Waals surface area contributed by atoms with E-state index in [0.717, 1.165) is 0 Å². The van der Waals surface area contributed by atoms with Crippen LogP contribution in [0.5, 0.6) is 5.75 Å². The molecule has 1 heterocycles. The molecule has 0 saturated heterocycles. The Kier molecular flexibility index (Phi) is 5.30. The Balaban J connectivity index is 1.87. The van der Waals surface area contributed by atoms with E-state index >= 15 is 0 Å². The van der Waals surface area contributed by atoms with Crippen LogP contribution in [-0.4, -0.2) is 9.97 Å². The fourth-order valence-electron chi connectivity index (χ4n) is 2.31. The Morgan fingerprint density at radius 1 is 1.23 bits per heavy atom. The summed E-state index contributed by atoms with van der Waals surface area (Å²) >= 11 is 6.10. The third kappa shape index (κ3) is 3.90. The third-order valence-electron chi connectivity index (χ3n) is 3.60. The maximum atomic E-state index is 13.7. The van der Waals surface area contributed by atoms with Crippen molar-refractivity contribution in [3.05, 3.63) is 76.5 Å². The van der Waals surface area contributed by atoms with Crippen molar-refractivity contribution in [2.24, 2.45) is 0 Å². The van der Waals surface area contributed by atoms with Gasteiger partial charge in [0.1, 0.15) is 40.7 Å². The molecule has 1 aromatic heterocycles. The minimum absolute atomic E-state index is 0.0121. The van der Waals surface area contributed by atoms with Gasteiger partial charge >= 0.3 is 0 Å². The molecule has 2 aromatic carbocycles. The highest BCUT2D eigenvalue weighted by Gasteiger charge is 2.13. The van der Waals surface area contributed by atoms with E-state index in [2.05, 4.69) is 21.4 Å². The molecule has 1 N–H and O–H groups in total. The van der Waals surface area contributed by atoms with E-state index in [0.29, 0.717) is 33.7 Å². The summed E-state index contributed by atoms with van der Waals surface area (Å²) in [4.78, 5) is 8.23. The van der Waals surface area contributed by atoms with Gasteiger partial charge in [0.05, 0.1) is 11.9 Å². The lowest BCUT2D eigenvalue weighted by Crippen LogP contribution is -2.03. The maximum Gasteiger partial charge on any atom is 0.152 e. The Bertz CT molecular complexity index is 988. The smallest absolute Gasteiger partial charge is 0.152 e. The van der Waals surface area contributed by atoms with E-state index in [9.17, 15) is 9.65 Å². The first-order valence-corrected chi connectivity index (χ1v) is 8.11. The van der Waals surface area contributed by atoms with Crippen LogP contribution in [-0.2, 0) is 6.61 Å². The zero-order valence-corrected chi connectivity index (χ0v) is 14.6. The summed E-state index contributed by atoms with van der Waals surface area (Å²) in [6.07, 6.45) is 1.48. The molecule has 0 aliphatic rings. The van der Waals surface area contributed by atoms with Gasteiger partial charge in [-0.3, -0.25) is 0 Å². The van der Waals surface area contributed by atoms with Gasteiger partial charge in [-0.2, -0.15) is 5.26 Å². The van der Waals surface area contributed by atoms with Gasteiger partial charge in [-0.1, -0.05) is 35.9 Å². The molecule has 0 radical (unpaired) electrons. The second-order valence-corrected chi connectivity index (χ2v) is 5.82. The van der Waals surface area contributed by atoms with Crippen molar-refractivity contribution in [1.29, 1.82) is 5.26 Å². The average Bonchev–Trinajstić information content (AvgIpc) is 2.64. The van der Waals surface area contributed by atoms with Crippen molar-refractivity contribution in [3.63, 3.8) is 0 Å². The molecule has 130 valence electrons. The van der Waals surface area contributed by atoms with Crippen LogP contribution in [0.3, 0.4) is 0 Å². The average molecular weight is 369 g/mol. The van der Waals surface area contributed by atoms with E-state index < -0.39 is 0 Å². The van der Waals surface area contributed by atoms with Crippen molar-refractivity contribution >= 4 is 23.1 Å². The number of anilines is 2. The Labute approximate surface area is 155 Å². The van der Waals surface area contributed by atoms with Crippen molar-refractivity contribution in [3.8, 4) is 11.8 Å². The molecular formula is C19H14ClFN4O. The SMILES string of the molecule is Cc1ncc(Cl)c(Nc2cccc(OCc3ccccc3F)c2C#N)n1. The molecule has 0 spiro atoms. The van der Waals surface area contributed by atoms with Crippen LogP contribution in [0.15, 0.2) is 48.7 Å². The maximum absolute atomic E-state index is 13.7. The first-order valence-electron chi connectivity index (χ1n) is 7.74. The Morgan fingerprint density at radius 2 is 2.04 bits per heavy atom. The lowest BCUT2D eigenvalue weighted by molar-refractivity contribution is 0.299. The number of ether oxygens (including phenoxy) is 1. The fourth-order valence-corrected chi connectivity index (χ4v) is 2.45. The van der Waals surface area contributed by atoms with E-state index in [1.807, 2.05) is 0 Å². The molecule has 26 heavy (non-hydrogen) atoms. The highest BCUT2D eigenvalue weighted by atomic mass is 35.5. The summed E-state index contributed by atoms with van der Waals surface area (Å²) in [5.74, 6) is 0.912. The summed E-state index contributed by atoms with van der Waals surface area (Å²) in [6.45, 7) is 1.75. The van der Waals surface area contributed by atoms with Crippen LogP contribution in [0.25, 0.3) is 0 Å². The molecule has 3 aromatic rings. The highest BCUT2D eigenvalue weighted by molar-refractivity contribution is 6.32. The van der Waals surface area contributed by atoms with Crippen molar-refractivity contribution in [2.45, 2.75) is 13.5 Å². The quantitative estimate of drug-likeness (QED) is 0.702. The van der Waals surface area contributed by atoms with Gasteiger partial charge < -0.3 is 10.1 Å². The molecule has 5 nitrogen and oxygen atoms in total. The molecule has 0 saturated carbocycles. The molecule has 7 heteroatoms. The zero-order chi connectivity index (χ0) is 18.5. The Hall–Kier alpha value is -3.17. The lowest BCUT2D eigenvalue weighted by Gasteiger charge is -2.13. The number of nitrogens with one attached hydrogen (secondary N) is 1. The van der Waals surface area contributed by atoms with Crippen LogP contribution in [0.2, 0.25) is 5.02 Å².